The highest BCUT2D eigenvalue weighted by atomic mass is 28.4. The van der Waals surface area contributed by atoms with E-state index in [-0.39, 0.29) is 5.95 Å². The van der Waals surface area contributed by atoms with Crippen molar-refractivity contribution in [2.45, 2.75) is 39.7 Å². The first kappa shape index (κ1) is 23.7. The molecule has 0 bridgehead atoms. The third-order valence-corrected chi connectivity index (χ3v) is 6.86. The predicted octanol–water partition coefficient (Wildman–Crippen LogP) is 0.677. The molecule has 0 saturated heterocycles. The molecule has 11 heteroatoms. The van der Waals surface area contributed by atoms with Crippen LogP contribution in [0.1, 0.15) is 33.0 Å². The molecule has 0 unspecified atom stereocenters. The smallest absolute Gasteiger partial charge is 0.374 e. The van der Waals surface area contributed by atoms with Crippen LogP contribution in [0.15, 0.2) is 0 Å². The quantitative estimate of drug-likeness (QED) is 0.261. The molecule has 0 fully saturated rings. The Morgan fingerprint density at radius 3 is 2.04 bits per heavy atom. The number of nitrogen functional groups attached to an aromatic ring is 1. The van der Waals surface area contributed by atoms with Crippen LogP contribution in [0.25, 0.3) is 0 Å². The maximum Gasteiger partial charge on any atom is 0.500 e. The lowest BCUT2D eigenvalue weighted by Gasteiger charge is -2.28. The summed E-state index contributed by atoms with van der Waals surface area (Å²) in [5.74, 6) is 7.19. The molecule has 27 heavy (non-hydrogen) atoms. The SMILES string of the molecule is CCO[Si](CCCc1nc(N)nc(N(N)CCN(C)C)n1)(OCC)OCC. The zero-order valence-electron chi connectivity index (χ0n) is 17.3. The summed E-state index contributed by atoms with van der Waals surface area (Å²) in [6, 6.07) is 0.691. The summed E-state index contributed by atoms with van der Waals surface area (Å²) in [5.41, 5.74) is 5.83. The summed E-state index contributed by atoms with van der Waals surface area (Å²) >= 11 is 0. The average Bonchev–Trinajstić information content (AvgIpc) is 2.60. The van der Waals surface area contributed by atoms with Crippen molar-refractivity contribution in [2.24, 2.45) is 5.84 Å². The minimum atomic E-state index is -2.67. The van der Waals surface area contributed by atoms with E-state index in [1.54, 1.807) is 0 Å². The van der Waals surface area contributed by atoms with E-state index in [0.717, 1.165) is 13.0 Å². The Balaban J connectivity index is 2.74. The first-order valence-corrected chi connectivity index (χ1v) is 11.4. The molecule has 0 saturated carbocycles. The van der Waals surface area contributed by atoms with Gasteiger partial charge < -0.3 is 23.9 Å². The summed E-state index contributed by atoms with van der Waals surface area (Å²) in [6.07, 6.45) is 1.38. The number of hydrogen-bond donors (Lipinski definition) is 2. The first-order valence-electron chi connectivity index (χ1n) is 9.45. The topological polar surface area (TPSA) is 125 Å². The Labute approximate surface area is 163 Å². The van der Waals surface area contributed by atoms with Gasteiger partial charge in [0.2, 0.25) is 11.9 Å². The van der Waals surface area contributed by atoms with Crippen LogP contribution in [0.3, 0.4) is 0 Å². The minimum absolute atomic E-state index is 0.165. The molecule has 0 radical (unpaired) electrons. The summed E-state index contributed by atoms with van der Waals surface area (Å²) in [7, 11) is 1.29. The Morgan fingerprint density at radius 1 is 0.926 bits per heavy atom. The third-order valence-electron chi connectivity index (χ3n) is 3.71. The molecule has 0 atom stereocenters. The minimum Gasteiger partial charge on any atom is -0.374 e. The maximum atomic E-state index is 6.04. The van der Waals surface area contributed by atoms with Crippen molar-refractivity contribution in [1.82, 2.24) is 19.9 Å². The largest absolute Gasteiger partial charge is 0.500 e. The fourth-order valence-electron chi connectivity index (χ4n) is 2.54. The number of nitrogens with zero attached hydrogens (tertiary/aromatic N) is 5. The standard InChI is InChI=1S/C16H35N7O3Si/c1-6-24-27(25-7-2,26-8-3)13-9-10-14-19-15(17)21-16(20-14)23(18)12-11-22(4)5/h6-13,18H2,1-5H3,(H2,17,19,20,21). The van der Waals surface area contributed by atoms with Gasteiger partial charge in [-0.05, 0) is 41.3 Å². The highest BCUT2D eigenvalue weighted by molar-refractivity contribution is 6.60. The van der Waals surface area contributed by atoms with Crippen molar-refractivity contribution in [1.29, 1.82) is 0 Å². The van der Waals surface area contributed by atoms with Gasteiger partial charge in [0.25, 0.3) is 0 Å². The van der Waals surface area contributed by atoms with Crippen molar-refractivity contribution in [3.63, 3.8) is 0 Å². The molecule has 1 rings (SSSR count). The Bertz CT molecular complexity index is 534. The second-order valence-corrected chi connectivity index (χ2v) is 8.97. The number of hydrogen-bond acceptors (Lipinski definition) is 10. The van der Waals surface area contributed by atoms with E-state index in [1.807, 2.05) is 39.8 Å². The van der Waals surface area contributed by atoms with Crippen LogP contribution < -0.4 is 16.6 Å². The van der Waals surface area contributed by atoms with Crippen molar-refractivity contribution in [2.75, 3.05) is 57.7 Å². The van der Waals surface area contributed by atoms with E-state index < -0.39 is 8.80 Å². The van der Waals surface area contributed by atoms with Crippen molar-refractivity contribution in [3.05, 3.63) is 5.82 Å². The molecule has 0 amide bonds. The van der Waals surface area contributed by atoms with E-state index in [1.165, 1.54) is 5.01 Å². The van der Waals surface area contributed by atoms with Gasteiger partial charge >= 0.3 is 8.80 Å². The first-order chi connectivity index (χ1) is 12.9. The van der Waals surface area contributed by atoms with Gasteiger partial charge in [0.15, 0.2) is 0 Å². The van der Waals surface area contributed by atoms with E-state index in [4.69, 9.17) is 24.9 Å². The molecule has 0 aromatic carbocycles. The summed E-state index contributed by atoms with van der Waals surface area (Å²) in [4.78, 5) is 14.8. The fraction of sp³-hybridized carbons (Fsp3) is 0.812. The molecule has 1 aromatic heterocycles. The van der Waals surface area contributed by atoms with E-state index in [9.17, 15) is 0 Å². The van der Waals surface area contributed by atoms with Crippen LogP contribution >= 0.6 is 0 Å². The number of aryl methyl sites for hydroxylation is 1. The molecule has 1 aromatic rings. The van der Waals surface area contributed by atoms with Crippen LogP contribution in [0.5, 0.6) is 0 Å². The monoisotopic (exact) mass is 401 g/mol. The van der Waals surface area contributed by atoms with Gasteiger partial charge in [-0.1, -0.05) is 0 Å². The number of nitrogens with two attached hydrogens (primary N) is 2. The number of likely N-dealkylation sites (N-methyl/N-ethyl adjacent to an activating group) is 1. The van der Waals surface area contributed by atoms with Crippen LogP contribution in [-0.2, 0) is 19.7 Å². The van der Waals surface area contributed by atoms with Gasteiger partial charge in [0.1, 0.15) is 5.82 Å². The molecule has 0 spiro atoms. The van der Waals surface area contributed by atoms with Gasteiger partial charge in [0.05, 0.1) is 0 Å². The molecule has 1 heterocycles. The lowest BCUT2D eigenvalue weighted by Crippen LogP contribution is -2.46. The lowest BCUT2D eigenvalue weighted by atomic mass is 10.3. The average molecular weight is 402 g/mol. The van der Waals surface area contributed by atoms with Crippen LogP contribution in [0.4, 0.5) is 11.9 Å². The zero-order valence-corrected chi connectivity index (χ0v) is 18.3. The number of hydrazine groups is 1. The van der Waals surface area contributed by atoms with Gasteiger partial charge in [-0.2, -0.15) is 15.0 Å². The van der Waals surface area contributed by atoms with Crippen LogP contribution in [0, 0.1) is 0 Å². The predicted molar refractivity (Wildman–Crippen MR) is 108 cm³/mol. The number of aromatic nitrogens is 3. The summed E-state index contributed by atoms with van der Waals surface area (Å²) in [5, 5.41) is 1.49. The summed E-state index contributed by atoms with van der Waals surface area (Å²) in [6.45, 7) is 8.88. The normalized spacial score (nSPS) is 12.0. The molecular formula is C16H35N7O3Si. The number of rotatable bonds is 14. The zero-order chi connectivity index (χ0) is 20.3. The van der Waals surface area contributed by atoms with Crippen molar-refractivity contribution < 1.29 is 13.3 Å². The lowest BCUT2D eigenvalue weighted by molar-refractivity contribution is 0.0708. The summed E-state index contributed by atoms with van der Waals surface area (Å²) < 4.78 is 17.6. The van der Waals surface area contributed by atoms with Crippen LogP contribution in [0.2, 0.25) is 6.04 Å². The van der Waals surface area contributed by atoms with E-state index in [0.29, 0.717) is 50.6 Å². The molecule has 156 valence electrons. The maximum absolute atomic E-state index is 6.04. The Hall–Kier alpha value is -1.37. The van der Waals surface area contributed by atoms with Crippen molar-refractivity contribution in [3.8, 4) is 0 Å². The second kappa shape index (κ2) is 12.2. The highest BCUT2D eigenvalue weighted by Gasteiger charge is 2.39. The van der Waals surface area contributed by atoms with Gasteiger partial charge in [-0.3, -0.25) is 5.01 Å². The molecule has 0 aliphatic rings. The Kier molecular flexibility index (Phi) is 10.7. The van der Waals surface area contributed by atoms with Gasteiger partial charge in [0, 0.05) is 45.4 Å². The molecular weight excluding hydrogens is 366 g/mol. The Morgan fingerprint density at radius 2 is 1.52 bits per heavy atom. The number of anilines is 2. The molecule has 4 N–H and O–H groups in total. The fourth-order valence-corrected chi connectivity index (χ4v) is 5.15. The molecule has 0 aliphatic heterocycles. The van der Waals surface area contributed by atoms with Crippen molar-refractivity contribution >= 4 is 20.7 Å². The van der Waals surface area contributed by atoms with Crippen LogP contribution in [-0.4, -0.2) is 75.7 Å². The van der Waals surface area contributed by atoms with Gasteiger partial charge in [-0.15, -0.1) is 0 Å². The molecule has 10 nitrogen and oxygen atoms in total. The molecule has 0 aliphatic carbocycles. The second-order valence-electron chi connectivity index (χ2n) is 6.24. The van der Waals surface area contributed by atoms with Gasteiger partial charge in [-0.25, -0.2) is 5.84 Å². The van der Waals surface area contributed by atoms with E-state index in [2.05, 4.69) is 15.0 Å². The highest BCUT2D eigenvalue weighted by Crippen LogP contribution is 2.19. The van der Waals surface area contributed by atoms with E-state index >= 15 is 0 Å². The third kappa shape index (κ3) is 8.45.